The van der Waals surface area contributed by atoms with Crippen LogP contribution >= 0.6 is 0 Å². The molecule has 0 radical (unpaired) electrons. The SMILES string of the molecule is CCc1cc(NCCNS(C)(=O)=O)ccc1CCN. The van der Waals surface area contributed by atoms with Crippen molar-refractivity contribution in [2.45, 2.75) is 19.8 Å². The van der Waals surface area contributed by atoms with Gasteiger partial charge in [-0.1, -0.05) is 13.0 Å². The van der Waals surface area contributed by atoms with Crippen LogP contribution in [0.2, 0.25) is 0 Å². The van der Waals surface area contributed by atoms with Crippen LogP contribution in [0.4, 0.5) is 5.69 Å². The molecule has 1 aromatic rings. The van der Waals surface area contributed by atoms with Crippen molar-refractivity contribution in [3.8, 4) is 0 Å². The highest BCUT2D eigenvalue weighted by molar-refractivity contribution is 7.88. The molecule has 0 atom stereocenters. The summed E-state index contributed by atoms with van der Waals surface area (Å²) in [5, 5.41) is 3.20. The molecule has 0 bridgehead atoms. The minimum atomic E-state index is -3.11. The van der Waals surface area contributed by atoms with Crippen LogP contribution in [-0.2, 0) is 22.9 Å². The fourth-order valence-electron chi connectivity index (χ4n) is 1.91. The minimum Gasteiger partial charge on any atom is -0.384 e. The van der Waals surface area contributed by atoms with E-state index in [0.717, 1.165) is 24.8 Å². The van der Waals surface area contributed by atoms with Crippen molar-refractivity contribution in [1.82, 2.24) is 4.72 Å². The summed E-state index contributed by atoms with van der Waals surface area (Å²) in [6.45, 7) is 3.71. The quantitative estimate of drug-likeness (QED) is 0.614. The number of sulfonamides is 1. The number of benzene rings is 1. The Morgan fingerprint density at radius 1 is 1.21 bits per heavy atom. The fraction of sp³-hybridized carbons (Fsp3) is 0.538. The van der Waals surface area contributed by atoms with Crippen molar-refractivity contribution in [3.63, 3.8) is 0 Å². The smallest absolute Gasteiger partial charge is 0.208 e. The monoisotopic (exact) mass is 285 g/mol. The Hall–Kier alpha value is -1.11. The van der Waals surface area contributed by atoms with Crippen LogP contribution < -0.4 is 15.8 Å². The molecule has 0 amide bonds. The molecule has 1 rings (SSSR count). The van der Waals surface area contributed by atoms with Crippen LogP contribution in [0.25, 0.3) is 0 Å². The van der Waals surface area contributed by atoms with Crippen molar-refractivity contribution in [2.24, 2.45) is 5.73 Å². The summed E-state index contributed by atoms with van der Waals surface area (Å²) in [5.41, 5.74) is 9.15. The molecule has 0 fully saturated rings. The number of rotatable bonds is 8. The number of nitrogens with two attached hydrogens (primary N) is 1. The van der Waals surface area contributed by atoms with Gasteiger partial charge in [0.15, 0.2) is 0 Å². The molecular formula is C13H23N3O2S. The lowest BCUT2D eigenvalue weighted by atomic mass is 10.0. The maximum Gasteiger partial charge on any atom is 0.208 e. The van der Waals surface area contributed by atoms with Crippen molar-refractivity contribution < 1.29 is 8.42 Å². The number of aryl methyl sites for hydroxylation is 1. The van der Waals surface area contributed by atoms with Crippen LogP contribution in [0.15, 0.2) is 18.2 Å². The first-order valence-corrected chi connectivity index (χ1v) is 8.35. The molecule has 19 heavy (non-hydrogen) atoms. The molecule has 0 spiro atoms. The maximum atomic E-state index is 10.9. The first-order chi connectivity index (χ1) is 8.96. The summed E-state index contributed by atoms with van der Waals surface area (Å²) in [5.74, 6) is 0. The highest BCUT2D eigenvalue weighted by Crippen LogP contribution is 2.16. The molecule has 0 aliphatic heterocycles. The molecule has 0 saturated heterocycles. The predicted octanol–water partition coefficient (Wildman–Crippen LogP) is 0.711. The third kappa shape index (κ3) is 6.04. The van der Waals surface area contributed by atoms with E-state index in [2.05, 4.69) is 29.1 Å². The normalized spacial score (nSPS) is 11.5. The zero-order valence-corrected chi connectivity index (χ0v) is 12.4. The van der Waals surface area contributed by atoms with Crippen LogP contribution in [-0.4, -0.2) is 34.3 Å². The van der Waals surface area contributed by atoms with Crippen LogP contribution in [0.5, 0.6) is 0 Å². The third-order valence-electron chi connectivity index (χ3n) is 2.82. The van der Waals surface area contributed by atoms with E-state index in [-0.39, 0.29) is 0 Å². The van der Waals surface area contributed by atoms with Gasteiger partial charge >= 0.3 is 0 Å². The summed E-state index contributed by atoms with van der Waals surface area (Å²) in [6, 6.07) is 6.19. The van der Waals surface area contributed by atoms with E-state index in [4.69, 9.17) is 5.73 Å². The predicted molar refractivity (Wildman–Crippen MR) is 79.9 cm³/mol. The van der Waals surface area contributed by atoms with Gasteiger partial charge in [-0.25, -0.2) is 13.1 Å². The Balaban J connectivity index is 2.55. The fourth-order valence-corrected chi connectivity index (χ4v) is 2.38. The maximum absolute atomic E-state index is 10.9. The van der Waals surface area contributed by atoms with E-state index in [1.807, 2.05) is 6.07 Å². The van der Waals surface area contributed by atoms with Crippen molar-refractivity contribution >= 4 is 15.7 Å². The average Bonchev–Trinajstić information content (AvgIpc) is 2.35. The zero-order valence-electron chi connectivity index (χ0n) is 11.6. The van der Waals surface area contributed by atoms with Gasteiger partial charge in [0, 0.05) is 18.8 Å². The van der Waals surface area contributed by atoms with E-state index in [0.29, 0.717) is 19.6 Å². The summed E-state index contributed by atoms with van der Waals surface area (Å²) in [4.78, 5) is 0. The number of anilines is 1. The van der Waals surface area contributed by atoms with E-state index in [9.17, 15) is 8.42 Å². The highest BCUT2D eigenvalue weighted by Gasteiger charge is 2.03. The number of nitrogens with one attached hydrogen (secondary N) is 2. The summed E-state index contributed by atoms with van der Waals surface area (Å²) >= 11 is 0. The van der Waals surface area contributed by atoms with Gasteiger partial charge in [0.25, 0.3) is 0 Å². The molecule has 5 nitrogen and oxygen atoms in total. The molecule has 0 unspecified atom stereocenters. The second kappa shape index (κ2) is 7.47. The Kier molecular flexibility index (Phi) is 6.27. The molecule has 0 aliphatic carbocycles. The van der Waals surface area contributed by atoms with Crippen molar-refractivity contribution in [2.75, 3.05) is 31.2 Å². The zero-order chi connectivity index (χ0) is 14.3. The van der Waals surface area contributed by atoms with Gasteiger partial charge in [0.2, 0.25) is 10.0 Å². The van der Waals surface area contributed by atoms with Crippen molar-refractivity contribution in [1.29, 1.82) is 0 Å². The molecule has 6 heteroatoms. The van der Waals surface area contributed by atoms with Gasteiger partial charge in [-0.05, 0) is 42.6 Å². The molecule has 0 saturated carbocycles. The Morgan fingerprint density at radius 3 is 2.53 bits per heavy atom. The van der Waals surface area contributed by atoms with E-state index < -0.39 is 10.0 Å². The standard InChI is InChI=1S/C13H23N3O2S/c1-3-11-10-13(5-4-12(11)6-7-14)15-8-9-16-19(2,17)18/h4-5,10,15-16H,3,6-9,14H2,1-2H3. The molecule has 108 valence electrons. The topological polar surface area (TPSA) is 84.2 Å². The van der Waals surface area contributed by atoms with Gasteiger partial charge in [-0.15, -0.1) is 0 Å². The highest BCUT2D eigenvalue weighted by atomic mass is 32.2. The van der Waals surface area contributed by atoms with Gasteiger partial charge < -0.3 is 11.1 Å². The lowest BCUT2D eigenvalue weighted by Gasteiger charge is -2.11. The third-order valence-corrected chi connectivity index (χ3v) is 3.55. The van der Waals surface area contributed by atoms with Crippen LogP contribution in [0.3, 0.4) is 0 Å². The second-order valence-electron chi connectivity index (χ2n) is 4.47. The number of hydrogen-bond acceptors (Lipinski definition) is 4. The summed E-state index contributed by atoms with van der Waals surface area (Å²) < 4.78 is 24.3. The minimum absolute atomic E-state index is 0.380. The number of hydrogen-bond donors (Lipinski definition) is 3. The van der Waals surface area contributed by atoms with Crippen LogP contribution in [0.1, 0.15) is 18.1 Å². The van der Waals surface area contributed by atoms with E-state index >= 15 is 0 Å². The van der Waals surface area contributed by atoms with Crippen LogP contribution in [0, 0.1) is 0 Å². The molecule has 0 aliphatic rings. The van der Waals surface area contributed by atoms with Gasteiger partial charge in [-0.3, -0.25) is 0 Å². The molecule has 0 aromatic heterocycles. The first-order valence-electron chi connectivity index (χ1n) is 6.46. The Morgan fingerprint density at radius 2 is 1.95 bits per heavy atom. The molecule has 0 heterocycles. The molecule has 4 N–H and O–H groups in total. The summed E-state index contributed by atoms with van der Waals surface area (Å²) in [7, 11) is -3.11. The first kappa shape index (κ1) is 15.9. The second-order valence-corrected chi connectivity index (χ2v) is 6.30. The molecule has 1 aromatic carbocycles. The lowest BCUT2D eigenvalue weighted by molar-refractivity contribution is 0.589. The Labute approximate surface area is 115 Å². The molecular weight excluding hydrogens is 262 g/mol. The van der Waals surface area contributed by atoms with E-state index in [1.54, 1.807) is 0 Å². The average molecular weight is 285 g/mol. The van der Waals surface area contributed by atoms with Gasteiger partial charge in [0.05, 0.1) is 6.26 Å². The van der Waals surface area contributed by atoms with E-state index in [1.165, 1.54) is 11.1 Å². The van der Waals surface area contributed by atoms with Crippen molar-refractivity contribution in [3.05, 3.63) is 29.3 Å². The van der Waals surface area contributed by atoms with Gasteiger partial charge in [0.1, 0.15) is 0 Å². The summed E-state index contributed by atoms with van der Waals surface area (Å²) in [6.07, 6.45) is 3.01. The van der Waals surface area contributed by atoms with Gasteiger partial charge in [-0.2, -0.15) is 0 Å². The Bertz CT molecular complexity index is 501. The lowest BCUT2D eigenvalue weighted by Crippen LogP contribution is -2.27. The largest absolute Gasteiger partial charge is 0.384 e.